The number of benzene rings is 2. The van der Waals surface area contributed by atoms with E-state index in [0.29, 0.717) is 28.0 Å². The lowest BCUT2D eigenvalue weighted by Gasteiger charge is -2.10. The Morgan fingerprint density at radius 1 is 1.04 bits per heavy atom. The second-order valence-corrected chi connectivity index (χ2v) is 6.84. The molecule has 1 N–H and O–H groups in total. The third-order valence-electron chi connectivity index (χ3n) is 4.08. The van der Waals surface area contributed by atoms with Gasteiger partial charge in [-0.3, -0.25) is 5.32 Å². The van der Waals surface area contributed by atoms with Crippen molar-refractivity contribution in [3.8, 4) is 23.1 Å². The number of para-hydroxylation sites is 1. The zero-order valence-corrected chi connectivity index (χ0v) is 15.5. The maximum absolute atomic E-state index is 9.55. The Bertz CT molecular complexity index is 1130. The highest BCUT2D eigenvalue weighted by Crippen LogP contribution is 2.30. The molecule has 2 heterocycles. The first-order chi connectivity index (χ1) is 13.2. The van der Waals surface area contributed by atoms with Crippen LogP contribution in [-0.2, 0) is 0 Å². The summed E-state index contributed by atoms with van der Waals surface area (Å²) < 4.78 is 6.28. The maximum Gasteiger partial charge on any atom is 0.229 e. The van der Waals surface area contributed by atoms with Crippen LogP contribution in [0.3, 0.4) is 0 Å². The van der Waals surface area contributed by atoms with Gasteiger partial charge in [-0.25, -0.2) is 15.0 Å². The van der Waals surface area contributed by atoms with Gasteiger partial charge in [0.15, 0.2) is 5.13 Å². The zero-order chi connectivity index (χ0) is 18.8. The van der Waals surface area contributed by atoms with Gasteiger partial charge in [0.2, 0.25) is 5.95 Å². The van der Waals surface area contributed by atoms with E-state index in [-0.39, 0.29) is 0 Å². The minimum Gasteiger partial charge on any atom is -0.497 e. The molecular weight excluding hydrogens is 358 g/mol. The highest BCUT2D eigenvalue weighted by atomic mass is 32.1. The van der Waals surface area contributed by atoms with Crippen molar-refractivity contribution in [2.24, 2.45) is 0 Å². The van der Waals surface area contributed by atoms with Gasteiger partial charge in [0.1, 0.15) is 11.8 Å². The number of nitriles is 1. The summed E-state index contributed by atoms with van der Waals surface area (Å²) in [6, 6.07) is 17.6. The monoisotopic (exact) mass is 373 g/mol. The summed E-state index contributed by atoms with van der Waals surface area (Å²) in [5, 5.41) is 13.4. The smallest absolute Gasteiger partial charge is 0.229 e. The molecule has 0 saturated heterocycles. The van der Waals surface area contributed by atoms with Gasteiger partial charge in [-0.15, -0.1) is 0 Å². The van der Waals surface area contributed by atoms with Gasteiger partial charge >= 0.3 is 0 Å². The molecule has 0 amide bonds. The summed E-state index contributed by atoms with van der Waals surface area (Å²) in [7, 11) is 1.62. The summed E-state index contributed by atoms with van der Waals surface area (Å²) in [4.78, 5) is 13.6. The van der Waals surface area contributed by atoms with E-state index in [0.717, 1.165) is 21.5 Å². The number of hydrogen-bond donors (Lipinski definition) is 1. The number of hydrogen-bond acceptors (Lipinski definition) is 7. The number of aryl methyl sites for hydroxylation is 1. The van der Waals surface area contributed by atoms with Crippen LogP contribution in [-0.4, -0.2) is 22.1 Å². The molecule has 0 spiro atoms. The lowest BCUT2D eigenvalue weighted by Crippen LogP contribution is -2.03. The first kappa shape index (κ1) is 16.9. The van der Waals surface area contributed by atoms with Gasteiger partial charge in [0, 0.05) is 5.56 Å². The molecule has 2 aromatic heterocycles. The predicted molar refractivity (Wildman–Crippen MR) is 106 cm³/mol. The number of methoxy groups -OCH3 is 1. The second-order valence-electron chi connectivity index (χ2n) is 5.81. The summed E-state index contributed by atoms with van der Waals surface area (Å²) in [5.41, 5.74) is 3.39. The largest absolute Gasteiger partial charge is 0.497 e. The molecular formula is C20H15N5OS. The van der Waals surface area contributed by atoms with Crippen molar-refractivity contribution in [1.29, 1.82) is 5.26 Å². The summed E-state index contributed by atoms with van der Waals surface area (Å²) >= 11 is 1.53. The summed E-state index contributed by atoms with van der Waals surface area (Å²) in [6.07, 6.45) is 0. The molecule has 0 bridgehead atoms. The highest BCUT2D eigenvalue weighted by Gasteiger charge is 2.15. The minimum atomic E-state index is 0.413. The standard InChI is InChI=1S/C20H15N5OS/c1-12-15(11-21)18(13-7-9-14(26-2)10-8-13)24-19(22-12)25-20-23-16-5-3-4-6-17(16)27-20/h3-10H,1-2H3,(H,22,23,24,25). The van der Waals surface area contributed by atoms with Crippen LogP contribution in [0.15, 0.2) is 48.5 Å². The van der Waals surface area contributed by atoms with Crippen LogP contribution >= 0.6 is 11.3 Å². The Kier molecular flexibility index (Phi) is 4.40. The summed E-state index contributed by atoms with van der Waals surface area (Å²) in [5.74, 6) is 1.16. The number of anilines is 2. The predicted octanol–water partition coefficient (Wildman–Crippen LogP) is 4.69. The number of thiazole rings is 1. The fourth-order valence-corrected chi connectivity index (χ4v) is 3.60. The van der Waals surface area contributed by atoms with Crippen LogP contribution in [0.4, 0.5) is 11.1 Å². The van der Waals surface area contributed by atoms with E-state index >= 15 is 0 Å². The van der Waals surface area contributed by atoms with Crippen LogP contribution < -0.4 is 10.1 Å². The van der Waals surface area contributed by atoms with Crippen molar-refractivity contribution in [2.45, 2.75) is 6.92 Å². The molecule has 4 rings (SSSR count). The van der Waals surface area contributed by atoms with E-state index in [1.165, 1.54) is 11.3 Å². The van der Waals surface area contributed by atoms with E-state index in [1.54, 1.807) is 14.0 Å². The minimum absolute atomic E-state index is 0.413. The SMILES string of the molecule is COc1ccc(-c2nc(Nc3nc4ccccc4s3)nc(C)c2C#N)cc1. The molecule has 0 aliphatic heterocycles. The molecule has 0 fully saturated rings. The zero-order valence-electron chi connectivity index (χ0n) is 14.7. The highest BCUT2D eigenvalue weighted by molar-refractivity contribution is 7.22. The van der Waals surface area contributed by atoms with E-state index in [2.05, 4.69) is 26.3 Å². The molecule has 6 nitrogen and oxygen atoms in total. The Labute approximate surface area is 160 Å². The Balaban J connectivity index is 1.75. The maximum atomic E-state index is 9.55. The number of fused-ring (bicyclic) bond motifs is 1. The van der Waals surface area contributed by atoms with Gasteiger partial charge in [-0.1, -0.05) is 23.5 Å². The Morgan fingerprint density at radius 2 is 1.81 bits per heavy atom. The van der Waals surface area contributed by atoms with E-state index in [9.17, 15) is 5.26 Å². The van der Waals surface area contributed by atoms with Gasteiger partial charge in [-0.2, -0.15) is 5.26 Å². The average molecular weight is 373 g/mol. The topological polar surface area (TPSA) is 83.7 Å². The lowest BCUT2D eigenvalue weighted by atomic mass is 10.1. The normalized spacial score (nSPS) is 10.6. The fraction of sp³-hybridized carbons (Fsp3) is 0.100. The lowest BCUT2D eigenvalue weighted by molar-refractivity contribution is 0.415. The van der Waals surface area contributed by atoms with Crippen molar-refractivity contribution < 1.29 is 4.74 Å². The molecule has 7 heteroatoms. The van der Waals surface area contributed by atoms with Crippen molar-refractivity contribution in [2.75, 3.05) is 12.4 Å². The van der Waals surface area contributed by atoms with Crippen LogP contribution in [0.25, 0.3) is 21.5 Å². The van der Waals surface area contributed by atoms with Gasteiger partial charge in [-0.05, 0) is 43.3 Å². The Hall–Kier alpha value is -3.50. The van der Waals surface area contributed by atoms with Gasteiger partial charge < -0.3 is 4.74 Å². The molecule has 0 radical (unpaired) electrons. The van der Waals surface area contributed by atoms with Crippen LogP contribution in [0.5, 0.6) is 5.75 Å². The molecule has 0 aliphatic rings. The van der Waals surface area contributed by atoms with Crippen molar-refractivity contribution in [3.05, 3.63) is 59.8 Å². The van der Waals surface area contributed by atoms with E-state index in [4.69, 9.17) is 4.74 Å². The van der Waals surface area contributed by atoms with Crippen molar-refractivity contribution in [3.63, 3.8) is 0 Å². The van der Waals surface area contributed by atoms with E-state index in [1.807, 2.05) is 48.5 Å². The molecule has 2 aromatic carbocycles. The molecule has 0 saturated carbocycles. The third kappa shape index (κ3) is 3.30. The fourth-order valence-electron chi connectivity index (χ4n) is 2.74. The molecule has 0 atom stereocenters. The van der Waals surface area contributed by atoms with Crippen LogP contribution in [0, 0.1) is 18.3 Å². The molecule has 27 heavy (non-hydrogen) atoms. The number of ether oxygens (including phenoxy) is 1. The van der Waals surface area contributed by atoms with Gasteiger partial charge in [0.05, 0.1) is 34.3 Å². The van der Waals surface area contributed by atoms with Crippen LogP contribution in [0.2, 0.25) is 0 Å². The first-order valence-electron chi connectivity index (χ1n) is 8.23. The summed E-state index contributed by atoms with van der Waals surface area (Å²) in [6.45, 7) is 1.80. The first-order valence-corrected chi connectivity index (χ1v) is 9.05. The second kappa shape index (κ2) is 7.02. The van der Waals surface area contributed by atoms with Crippen molar-refractivity contribution >= 4 is 32.6 Å². The molecule has 0 aliphatic carbocycles. The molecule has 0 unspecified atom stereocenters. The number of nitrogens with one attached hydrogen (secondary N) is 1. The molecule has 132 valence electrons. The van der Waals surface area contributed by atoms with E-state index < -0.39 is 0 Å². The average Bonchev–Trinajstić information content (AvgIpc) is 3.10. The van der Waals surface area contributed by atoms with Crippen molar-refractivity contribution in [1.82, 2.24) is 15.0 Å². The quantitative estimate of drug-likeness (QED) is 0.559. The molecule has 4 aromatic rings. The number of rotatable bonds is 4. The van der Waals surface area contributed by atoms with Crippen LogP contribution in [0.1, 0.15) is 11.3 Å². The van der Waals surface area contributed by atoms with Gasteiger partial charge in [0.25, 0.3) is 0 Å². The number of nitrogens with zero attached hydrogens (tertiary/aromatic N) is 4. The Morgan fingerprint density at radius 3 is 2.52 bits per heavy atom. The third-order valence-corrected chi connectivity index (χ3v) is 5.03. The number of aromatic nitrogens is 3.